The predicted molar refractivity (Wildman–Crippen MR) is 260 cm³/mol. The van der Waals surface area contributed by atoms with Crippen LogP contribution in [0.4, 0.5) is 0 Å². The number of phosphoric acid groups is 1. The van der Waals surface area contributed by atoms with Crippen LogP contribution in [-0.2, 0) is 27.9 Å². The maximum absolute atomic E-state index is 12.7. The summed E-state index contributed by atoms with van der Waals surface area (Å²) in [5, 5.41) is 18.4. The van der Waals surface area contributed by atoms with Gasteiger partial charge in [-0.25, -0.2) is 4.57 Å². The fourth-order valence-corrected chi connectivity index (χ4v) is 6.69. The van der Waals surface area contributed by atoms with Crippen molar-refractivity contribution in [3.8, 4) is 0 Å². The highest BCUT2D eigenvalue weighted by Crippen LogP contribution is 2.43. The van der Waals surface area contributed by atoms with Gasteiger partial charge in [-0.3, -0.25) is 13.8 Å². The smallest absolute Gasteiger partial charge is 0.457 e. The molecule has 62 heavy (non-hydrogen) atoms. The van der Waals surface area contributed by atoms with Gasteiger partial charge < -0.3 is 24.6 Å². The number of hydrogen-bond donors (Lipinski definition) is 3. The summed E-state index contributed by atoms with van der Waals surface area (Å²) < 4.78 is 33.4. The molecule has 0 aromatic carbocycles. The number of esters is 1. The van der Waals surface area contributed by atoms with Gasteiger partial charge >= 0.3 is 13.8 Å². The van der Waals surface area contributed by atoms with Crippen molar-refractivity contribution < 1.29 is 43.0 Å². The van der Waals surface area contributed by atoms with Crippen LogP contribution in [0.5, 0.6) is 0 Å². The third-order valence-electron chi connectivity index (χ3n) is 9.45. The molecule has 0 fully saturated rings. The molecule has 0 heterocycles. The van der Waals surface area contributed by atoms with Crippen LogP contribution in [0.1, 0.15) is 168 Å². The van der Waals surface area contributed by atoms with Crippen LogP contribution in [-0.4, -0.2) is 66.3 Å². The van der Waals surface area contributed by atoms with Gasteiger partial charge in [-0.1, -0.05) is 175 Å². The molecule has 0 bridgehead atoms. The van der Waals surface area contributed by atoms with Crippen molar-refractivity contribution >= 4 is 13.8 Å². The Labute approximate surface area is 378 Å². The number of phosphoric ester groups is 1. The lowest BCUT2D eigenvalue weighted by atomic mass is 10.1. The standard InChI is InChI=1S/C52H87O9P/c1-3-5-7-9-11-13-15-17-19-21-23-25-26-28-30-32-34-36-38-40-42-44-52(55)61-51(49-60-62(56,57)59-47-50(54)46-53)48-58-45-43-41-39-37-35-33-31-29-27-24-22-20-18-16-14-12-10-8-6-4-2/h5-8,11-14,17-20,23-25,27-28,30,50-51,53-54H,3-4,9-10,15-16,21-22,26,29,31-49H2,1-2H3,(H,56,57)/b7-5-,8-6-,13-11-,14-12-,19-17-,20-18-,25-23-,27-24-,30-28-. The fraction of sp³-hybridized carbons (Fsp3) is 0.635. The average molecular weight is 887 g/mol. The molecule has 0 aromatic rings. The zero-order valence-corrected chi connectivity index (χ0v) is 39.7. The predicted octanol–water partition coefficient (Wildman–Crippen LogP) is 13.8. The monoisotopic (exact) mass is 887 g/mol. The Morgan fingerprint density at radius 3 is 1.31 bits per heavy atom. The van der Waals surface area contributed by atoms with Gasteiger partial charge in [0.2, 0.25) is 0 Å². The van der Waals surface area contributed by atoms with Crippen molar-refractivity contribution in [3.05, 3.63) is 109 Å². The van der Waals surface area contributed by atoms with E-state index in [4.69, 9.17) is 23.6 Å². The average Bonchev–Trinajstić information content (AvgIpc) is 3.26. The molecule has 0 amide bonds. The Bertz CT molecular complexity index is 1330. The summed E-state index contributed by atoms with van der Waals surface area (Å²) in [6, 6.07) is 0. The summed E-state index contributed by atoms with van der Waals surface area (Å²) in [4.78, 5) is 22.7. The molecule has 0 aliphatic heterocycles. The first kappa shape index (κ1) is 59.1. The third-order valence-corrected chi connectivity index (χ3v) is 10.4. The van der Waals surface area contributed by atoms with Gasteiger partial charge in [0.25, 0.3) is 0 Å². The van der Waals surface area contributed by atoms with Crippen LogP contribution in [0.25, 0.3) is 0 Å². The number of aliphatic hydroxyl groups excluding tert-OH is 2. The summed E-state index contributed by atoms with van der Waals surface area (Å²) in [5.74, 6) is -0.410. The van der Waals surface area contributed by atoms with E-state index in [1.165, 1.54) is 25.7 Å². The van der Waals surface area contributed by atoms with E-state index in [0.29, 0.717) is 13.0 Å². The number of unbranched alkanes of at least 4 members (excludes halogenated alkanes) is 12. The summed E-state index contributed by atoms with van der Waals surface area (Å²) >= 11 is 0. The molecule has 9 nitrogen and oxygen atoms in total. The summed E-state index contributed by atoms with van der Waals surface area (Å²) in [6.45, 7) is 3.22. The van der Waals surface area contributed by atoms with Crippen LogP contribution < -0.4 is 0 Å². The Morgan fingerprint density at radius 2 is 0.871 bits per heavy atom. The van der Waals surface area contributed by atoms with Gasteiger partial charge in [0, 0.05) is 13.0 Å². The van der Waals surface area contributed by atoms with E-state index >= 15 is 0 Å². The molecule has 3 N–H and O–H groups in total. The molecule has 0 saturated heterocycles. The Balaban J connectivity index is 4.22. The van der Waals surface area contributed by atoms with Crippen LogP contribution in [0.2, 0.25) is 0 Å². The topological polar surface area (TPSA) is 132 Å². The number of carbonyl (C=O) groups excluding carboxylic acids is 1. The first-order valence-electron chi connectivity index (χ1n) is 23.9. The van der Waals surface area contributed by atoms with Crippen molar-refractivity contribution in [2.45, 2.75) is 180 Å². The molecule has 0 radical (unpaired) electrons. The highest BCUT2D eigenvalue weighted by molar-refractivity contribution is 7.47. The second kappa shape index (κ2) is 47.6. The number of rotatable bonds is 44. The van der Waals surface area contributed by atoms with Crippen molar-refractivity contribution in [2.75, 3.05) is 33.0 Å². The molecule has 3 unspecified atom stereocenters. The number of carbonyl (C=O) groups is 1. The highest BCUT2D eigenvalue weighted by atomic mass is 31.2. The largest absolute Gasteiger partial charge is 0.472 e. The second-order valence-electron chi connectivity index (χ2n) is 15.4. The van der Waals surface area contributed by atoms with E-state index in [2.05, 4.69) is 123 Å². The zero-order valence-electron chi connectivity index (χ0n) is 38.8. The normalized spacial score (nSPS) is 14.9. The number of allylic oxidation sites excluding steroid dienone is 18. The minimum absolute atomic E-state index is 0.0259. The molecular weight excluding hydrogens is 800 g/mol. The van der Waals surface area contributed by atoms with E-state index in [1.807, 2.05) is 0 Å². The van der Waals surface area contributed by atoms with Crippen LogP contribution in [0, 0.1) is 0 Å². The molecule has 0 aliphatic rings. The molecule has 0 aliphatic carbocycles. The maximum Gasteiger partial charge on any atom is 0.472 e. The Kier molecular flexibility index (Phi) is 45.4. The van der Waals surface area contributed by atoms with Crippen molar-refractivity contribution in [1.29, 1.82) is 0 Å². The third kappa shape index (κ3) is 46.6. The fourth-order valence-electron chi connectivity index (χ4n) is 5.90. The molecule has 10 heteroatoms. The van der Waals surface area contributed by atoms with Gasteiger partial charge in [-0.15, -0.1) is 0 Å². The van der Waals surface area contributed by atoms with Crippen LogP contribution in [0.3, 0.4) is 0 Å². The molecule has 354 valence electrons. The van der Waals surface area contributed by atoms with E-state index in [9.17, 15) is 19.4 Å². The Hall–Kier alpha value is -2.88. The zero-order chi connectivity index (χ0) is 45.3. The van der Waals surface area contributed by atoms with Gasteiger partial charge in [0.05, 0.1) is 26.4 Å². The summed E-state index contributed by atoms with van der Waals surface area (Å²) in [7, 11) is -4.54. The first-order chi connectivity index (χ1) is 30.3. The van der Waals surface area contributed by atoms with E-state index < -0.39 is 45.8 Å². The summed E-state index contributed by atoms with van der Waals surface area (Å²) in [5.41, 5.74) is 0. The first-order valence-corrected chi connectivity index (χ1v) is 25.4. The van der Waals surface area contributed by atoms with Gasteiger partial charge in [-0.2, -0.15) is 0 Å². The van der Waals surface area contributed by atoms with E-state index in [1.54, 1.807) is 0 Å². The van der Waals surface area contributed by atoms with Gasteiger partial charge in [0.15, 0.2) is 0 Å². The van der Waals surface area contributed by atoms with Crippen molar-refractivity contribution in [2.24, 2.45) is 0 Å². The van der Waals surface area contributed by atoms with Crippen molar-refractivity contribution in [3.63, 3.8) is 0 Å². The van der Waals surface area contributed by atoms with E-state index in [0.717, 1.165) is 116 Å². The second-order valence-corrected chi connectivity index (χ2v) is 16.8. The van der Waals surface area contributed by atoms with Crippen LogP contribution >= 0.6 is 7.82 Å². The molecule has 3 atom stereocenters. The lowest BCUT2D eigenvalue weighted by Gasteiger charge is -2.20. The van der Waals surface area contributed by atoms with Crippen LogP contribution in [0.15, 0.2) is 109 Å². The molecule has 0 saturated carbocycles. The lowest BCUT2D eigenvalue weighted by Crippen LogP contribution is -2.29. The maximum atomic E-state index is 12.7. The van der Waals surface area contributed by atoms with Crippen molar-refractivity contribution in [1.82, 2.24) is 0 Å². The summed E-state index contributed by atoms with van der Waals surface area (Å²) in [6.07, 6.45) is 61.9. The minimum atomic E-state index is -4.54. The number of hydrogen-bond acceptors (Lipinski definition) is 8. The van der Waals surface area contributed by atoms with Gasteiger partial charge in [-0.05, 0) is 96.3 Å². The molecule has 0 aromatic heterocycles. The highest BCUT2D eigenvalue weighted by Gasteiger charge is 2.26. The molecule has 0 rings (SSSR count). The van der Waals surface area contributed by atoms with E-state index in [-0.39, 0.29) is 13.0 Å². The van der Waals surface area contributed by atoms with Gasteiger partial charge in [0.1, 0.15) is 12.2 Å². The Morgan fingerprint density at radius 1 is 0.500 bits per heavy atom. The number of aliphatic hydroxyl groups is 2. The quantitative estimate of drug-likeness (QED) is 0.0237. The molecule has 0 spiro atoms. The lowest BCUT2D eigenvalue weighted by molar-refractivity contribution is -0.154. The SMILES string of the molecule is CC/C=C\C/C=C\C/C=C\C/C=C\C/C=C\CCCCCCCC(=O)OC(COCCCCCCCCC/C=C\C/C=C\C/C=C\C/C=C\CC)COP(=O)(O)OCC(O)CO. The number of ether oxygens (including phenoxy) is 2. The molecular formula is C52H87O9P. The minimum Gasteiger partial charge on any atom is -0.457 e.